The highest BCUT2D eigenvalue weighted by Gasteiger charge is 2.28. The number of hydrogen-bond acceptors (Lipinski definition) is 1. The molecule has 0 atom stereocenters. The number of aliphatic imine (C=N–C) groups is 1. The SMILES string of the molecule is C=CCCC1CC(C/C(C)=C(/N=C(C)/C=C\C=C/C)c2ccc(C)cc2)C1. The third-order valence-corrected chi connectivity index (χ3v) is 5.37. The summed E-state index contributed by atoms with van der Waals surface area (Å²) in [5.41, 5.74) is 6.10. The van der Waals surface area contributed by atoms with Gasteiger partial charge in [0.2, 0.25) is 0 Å². The first kappa shape index (κ1) is 21.2. The van der Waals surface area contributed by atoms with Crippen LogP contribution in [-0.4, -0.2) is 5.71 Å². The number of aryl methyl sites for hydroxylation is 1. The predicted molar refractivity (Wildman–Crippen MR) is 121 cm³/mol. The smallest absolute Gasteiger partial charge is 0.0694 e. The molecule has 0 heterocycles. The molecular weight excluding hydrogens is 326 g/mol. The van der Waals surface area contributed by atoms with Gasteiger partial charge < -0.3 is 0 Å². The maximum atomic E-state index is 4.99. The van der Waals surface area contributed by atoms with Crippen LogP contribution in [0.5, 0.6) is 0 Å². The van der Waals surface area contributed by atoms with Crippen molar-refractivity contribution in [3.63, 3.8) is 0 Å². The highest BCUT2D eigenvalue weighted by molar-refractivity contribution is 5.97. The fourth-order valence-corrected chi connectivity index (χ4v) is 3.80. The number of benzene rings is 1. The normalized spacial score (nSPS) is 21.4. The van der Waals surface area contributed by atoms with Crippen LogP contribution in [0.2, 0.25) is 0 Å². The summed E-state index contributed by atoms with van der Waals surface area (Å²) in [5.74, 6) is 1.71. The zero-order chi connectivity index (χ0) is 19.6. The monoisotopic (exact) mass is 361 g/mol. The van der Waals surface area contributed by atoms with Gasteiger partial charge >= 0.3 is 0 Å². The molecule has 0 aromatic heterocycles. The van der Waals surface area contributed by atoms with Crippen LogP contribution in [0.25, 0.3) is 5.70 Å². The molecular formula is C26H35N. The summed E-state index contributed by atoms with van der Waals surface area (Å²) in [7, 11) is 0. The first-order valence-corrected chi connectivity index (χ1v) is 10.3. The van der Waals surface area contributed by atoms with Crippen LogP contribution in [0, 0.1) is 18.8 Å². The topological polar surface area (TPSA) is 12.4 Å². The Labute approximate surface area is 166 Å². The van der Waals surface area contributed by atoms with Gasteiger partial charge in [0.1, 0.15) is 0 Å². The quantitative estimate of drug-likeness (QED) is 0.243. The lowest BCUT2D eigenvalue weighted by molar-refractivity contribution is 0.182. The van der Waals surface area contributed by atoms with Gasteiger partial charge in [-0.1, -0.05) is 54.1 Å². The van der Waals surface area contributed by atoms with Crippen molar-refractivity contribution in [2.45, 2.75) is 59.8 Å². The lowest BCUT2D eigenvalue weighted by Crippen LogP contribution is -2.23. The van der Waals surface area contributed by atoms with Gasteiger partial charge in [-0.25, -0.2) is 0 Å². The summed E-state index contributed by atoms with van der Waals surface area (Å²) in [6.45, 7) is 12.3. The van der Waals surface area contributed by atoms with Gasteiger partial charge in [0, 0.05) is 11.3 Å². The standard InChI is InChI=1S/C26H35N/c1-6-8-10-11-22(5)27-26(25-15-13-20(3)14-16-25)21(4)17-24-18-23(19-24)12-9-7-2/h6-8,10-11,13-16,23-24H,2,9,12,17-19H2,1,3-5H3/b8-6-,11-10-,26-21+,27-22+. The molecule has 0 unspecified atom stereocenters. The van der Waals surface area contributed by atoms with Gasteiger partial charge in [0.05, 0.1) is 5.70 Å². The summed E-state index contributed by atoms with van der Waals surface area (Å²) in [5, 5.41) is 0. The number of nitrogens with zero attached hydrogens (tertiary/aromatic N) is 1. The van der Waals surface area contributed by atoms with Gasteiger partial charge in [-0.05, 0) is 83.3 Å². The minimum absolute atomic E-state index is 0.814. The lowest BCUT2D eigenvalue weighted by Gasteiger charge is -2.36. The zero-order valence-electron chi connectivity index (χ0n) is 17.5. The van der Waals surface area contributed by atoms with E-state index in [4.69, 9.17) is 4.99 Å². The molecule has 0 amide bonds. The predicted octanol–water partition coefficient (Wildman–Crippen LogP) is 7.70. The molecule has 0 radical (unpaired) electrons. The van der Waals surface area contributed by atoms with Gasteiger partial charge in [-0.2, -0.15) is 0 Å². The van der Waals surface area contributed by atoms with Crippen molar-refractivity contribution in [2.24, 2.45) is 16.8 Å². The van der Waals surface area contributed by atoms with E-state index in [9.17, 15) is 0 Å². The van der Waals surface area contributed by atoms with Crippen molar-refractivity contribution < 1.29 is 0 Å². The van der Waals surface area contributed by atoms with Crippen LogP contribution in [0.4, 0.5) is 0 Å². The van der Waals surface area contributed by atoms with Crippen LogP contribution in [0.3, 0.4) is 0 Å². The lowest BCUT2D eigenvalue weighted by atomic mass is 9.70. The first-order valence-electron chi connectivity index (χ1n) is 10.3. The van der Waals surface area contributed by atoms with E-state index in [1.54, 1.807) is 0 Å². The summed E-state index contributed by atoms with van der Waals surface area (Å²) in [4.78, 5) is 4.99. The summed E-state index contributed by atoms with van der Waals surface area (Å²) < 4.78 is 0. The highest BCUT2D eigenvalue weighted by atomic mass is 14.8. The molecule has 1 fully saturated rings. The third-order valence-electron chi connectivity index (χ3n) is 5.37. The van der Waals surface area contributed by atoms with Crippen molar-refractivity contribution in [3.05, 3.63) is 77.9 Å². The second-order valence-corrected chi connectivity index (χ2v) is 7.91. The summed E-state index contributed by atoms with van der Waals surface area (Å²) in [6, 6.07) is 8.76. The van der Waals surface area contributed by atoms with Crippen LogP contribution in [0.1, 0.15) is 64.0 Å². The van der Waals surface area contributed by atoms with Crippen molar-refractivity contribution in [1.29, 1.82) is 0 Å². The third kappa shape index (κ3) is 6.82. The van der Waals surface area contributed by atoms with E-state index in [0.29, 0.717) is 0 Å². The van der Waals surface area contributed by atoms with Crippen LogP contribution in [-0.2, 0) is 0 Å². The Hall–Kier alpha value is -2.15. The minimum atomic E-state index is 0.814. The molecule has 1 aromatic rings. The Morgan fingerprint density at radius 1 is 1.11 bits per heavy atom. The van der Waals surface area contributed by atoms with E-state index < -0.39 is 0 Å². The average Bonchev–Trinajstić information content (AvgIpc) is 2.62. The molecule has 0 aliphatic heterocycles. The molecule has 1 saturated carbocycles. The summed E-state index contributed by atoms with van der Waals surface area (Å²) >= 11 is 0. The molecule has 1 nitrogen and oxygen atoms in total. The Balaban J connectivity index is 2.17. The second-order valence-electron chi connectivity index (χ2n) is 7.91. The van der Waals surface area contributed by atoms with Gasteiger partial charge in [-0.3, -0.25) is 4.99 Å². The Kier molecular flexibility index (Phi) is 8.51. The molecule has 0 saturated heterocycles. The average molecular weight is 362 g/mol. The van der Waals surface area contributed by atoms with E-state index in [0.717, 1.165) is 36.1 Å². The van der Waals surface area contributed by atoms with E-state index >= 15 is 0 Å². The molecule has 1 aromatic carbocycles. The van der Waals surface area contributed by atoms with Gasteiger partial charge in [-0.15, -0.1) is 6.58 Å². The van der Waals surface area contributed by atoms with Gasteiger partial charge in [0.15, 0.2) is 0 Å². The number of rotatable bonds is 9. The zero-order valence-corrected chi connectivity index (χ0v) is 17.5. The van der Waals surface area contributed by atoms with E-state index in [-0.39, 0.29) is 0 Å². The maximum Gasteiger partial charge on any atom is 0.0694 e. The van der Waals surface area contributed by atoms with E-state index in [1.807, 2.05) is 25.2 Å². The molecule has 2 rings (SSSR count). The molecule has 0 spiro atoms. The number of allylic oxidation sites excluding steroid dienone is 6. The van der Waals surface area contributed by atoms with Crippen LogP contribution < -0.4 is 0 Å². The van der Waals surface area contributed by atoms with Crippen LogP contribution >= 0.6 is 0 Å². The molecule has 1 heteroatoms. The largest absolute Gasteiger partial charge is 0.253 e. The van der Waals surface area contributed by atoms with Gasteiger partial charge in [0.25, 0.3) is 0 Å². The van der Waals surface area contributed by atoms with Crippen LogP contribution in [0.15, 0.2) is 71.8 Å². The highest BCUT2D eigenvalue weighted by Crippen LogP contribution is 2.41. The molecule has 0 bridgehead atoms. The van der Waals surface area contributed by atoms with Crippen molar-refractivity contribution in [2.75, 3.05) is 0 Å². The molecule has 0 N–H and O–H groups in total. The Bertz CT molecular complexity index is 722. The number of hydrogen-bond donors (Lipinski definition) is 0. The fraction of sp³-hybridized carbons (Fsp3) is 0.423. The minimum Gasteiger partial charge on any atom is -0.253 e. The van der Waals surface area contributed by atoms with E-state index in [2.05, 4.69) is 63.8 Å². The summed E-state index contributed by atoms with van der Waals surface area (Å²) in [6.07, 6.45) is 16.6. The Morgan fingerprint density at radius 2 is 1.81 bits per heavy atom. The van der Waals surface area contributed by atoms with E-state index in [1.165, 1.54) is 36.0 Å². The van der Waals surface area contributed by atoms with Crippen molar-refractivity contribution >= 4 is 11.4 Å². The molecule has 1 aliphatic rings. The van der Waals surface area contributed by atoms with Crippen molar-refractivity contribution in [1.82, 2.24) is 0 Å². The second kappa shape index (κ2) is 10.9. The first-order chi connectivity index (χ1) is 13.0. The fourth-order valence-electron chi connectivity index (χ4n) is 3.80. The van der Waals surface area contributed by atoms with Crippen molar-refractivity contribution in [3.8, 4) is 0 Å². The Morgan fingerprint density at radius 3 is 2.44 bits per heavy atom. The molecule has 1 aliphatic carbocycles. The molecule has 144 valence electrons. The maximum absolute atomic E-state index is 4.99. The molecule has 27 heavy (non-hydrogen) atoms.